The lowest BCUT2D eigenvalue weighted by atomic mass is 10.0. The Labute approximate surface area is 250 Å². The average Bonchev–Trinajstić information content (AvgIpc) is 2.93. The van der Waals surface area contributed by atoms with Gasteiger partial charge in [0, 0.05) is 29.5 Å². The van der Waals surface area contributed by atoms with E-state index < -0.39 is 28.5 Å². The standard InChI is InChI=1S/C30H36BrN3O6S/c1-21(2)32-30(36)27(17-22-9-7-6-8-10-22)33(19-23-11-13-24(31)14-12-23)29(35)20-34(41(5,37)38)26-16-15-25(39-3)18-28(26)40-4/h6-16,18,21,27H,17,19-20H2,1-5H3,(H,32,36). The van der Waals surface area contributed by atoms with Crippen LogP contribution in [0.5, 0.6) is 11.5 Å². The molecule has 3 rings (SSSR count). The van der Waals surface area contributed by atoms with Gasteiger partial charge in [-0.3, -0.25) is 13.9 Å². The third-order valence-corrected chi connectivity index (χ3v) is 7.96. The molecule has 0 aliphatic carbocycles. The Morgan fingerprint density at radius 1 is 0.927 bits per heavy atom. The van der Waals surface area contributed by atoms with Gasteiger partial charge in [0.25, 0.3) is 0 Å². The van der Waals surface area contributed by atoms with Crippen LogP contribution < -0.4 is 19.1 Å². The summed E-state index contributed by atoms with van der Waals surface area (Å²) in [7, 11) is -1.05. The number of nitrogens with one attached hydrogen (secondary N) is 1. The van der Waals surface area contributed by atoms with Crippen LogP contribution in [0.1, 0.15) is 25.0 Å². The molecular weight excluding hydrogens is 610 g/mol. The molecule has 2 amide bonds. The van der Waals surface area contributed by atoms with Crippen molar-refractivity contribution in [1.82, 2.24) is 10.2 Å². The lowest BCUT2D eigenvalue weighted by Crippen LogP contribution is -2.54. The van der Waals surface area contributed by atoms with Gasteiger partial charge in [-0.25, -0.2) is 8.42 Å². The van der Waals surface area contributed by atoms with Crippen molar-refractivity contribution in [3.05, 3.63) is 88.4 Å². The van der Waals surface area contributed by atoms with Crippen molar-refractivity contribution in [2.24, 2.45) is 0 Å². The highest BCUT2D eigenvalue weighted by Crippen LogP contribution is 2.34. The minimum atomic E-state index is -3.94. The lowest BCUT2D eigenvalue weighted by Gasteiger charge is -2.34. The first-order valence-corrected chi connectivity index (χ1v) is 15.6. The van der Waals surface area contributed by atoms with Crippen molar-refractivity contribution in [2.45, 2.75) is 38.9 Å². The van der Waals surface area contributed by atoms with Crippen molar-refractivity contribution in [1.29, 1.82) is 0 Å². The molecule has 9 nitrogen and oxygen atoms in total. The molecule has 0 aliphatic rings. The van der Waals surface area contributed by atoms with Crippen molar-refractivity contribution in [2.75, 3.05) is 31.3 Å². The fourth-order valence-electron chi connectivity index (χ4n) is 4.31. The van der Waals surface area contributed by atoms with Crippen LogP contribution in [0, 0.1) is 0 Å². The molecule has 1 unspecified atom stereocenters. The van der Waals surface area contributed by atoms with E-state index in [2.05, 4.69) is 21.2 Å². The third-order valence-electron chi connectivity index (χ3n) is 6.30. The number of halogens is 1. The third kappa shape index (κ3) is 8.96. The molecule has 0 saturated heterocycles. The lowest BCUT2D eigenvalue weighted by molar-refractivity contribution is -0.140. The molecule has 0 bridgehead atoms. The van der Waals surface area contributed by atoms with E-state index in [9.17, 15) is 18.0 Å². The number of rotatable bonds is 13. The van der Waals surface area contributed by atoms with E-state index >= 15 is 0 Å². The van der Waals surface area contributed by atoms with Gasteiger partial charge in [-0.05, 0) is 49.2 Å². The Hall–Kier alpha value is -3.57. The van der Waals surface area contributed by atoms with Crippen LogP contribution in [0.15, 0.2) is 77.3 Å². The summed E-state index contributed by atoms with van der Waals surface area (Å²) in [5, 5.41) is 2.93. The highest BCUT2D eigenvalue weighted by molar-refractivity contribution is 9.10. The Kier molecular flexibility index (Phi) is 11.2. The number of amides is 2. The predicted octanol–water partition coefficient (Wildman–Crippen LogP) is 4.40. The van der Waals surface area contributed by atoms with Gasteiger partial charge < -0.3 is 19.7 Å². The molecule has 0 radical (unpaired) electrons. The highest BCUT2D eigenvalue weighted by Gasteiger charge is 2.34. The summed E-state index contributed by atoms with van der Waals surface area (Å²) in [4.78, 5) is 29.2. The summed E-state index contributed by atoms with van der Waals surface area (Å²) in [5.74, 6) is -0.186. The van der Waals surface area contributed by atoms with E-state index in [1.807, 2.05) is 68.4 Å². The summed E-state index contributed by atoms with van der Waals surface area (Å²) in [6.07, 6.45) is 1.27. The van der Waals surface area contributed by atoms with Crippen LogP contribution in [-0.2, 0) is 32.6 Å². The highest BCUT2D eigenvalue weighted by atomic mass is 79.9. The van der Waals surface area contributed by atoms with Crippen LogP contribution in [0.25, 0.3) is 0 Å². The molecule has 0 aromatic heterocycles. The van der Waals surface area contributed by atoms with Gasteiger partial charge in [0.15, 0.2) is 0 Å². The van der Waals surface area contributed by atoms with Gasteiger partial charge in [0.05, 0.1) is 26.2 Å². The normalized spacial score (nSPS) is 12.0. The molecule has 0 spiro atoms. The van der Waals surface area contributed by atoms with Crippen molar-refractivity contribution in [3.63, 3.8) is 0 Å². The number of hydrogen-bond acceptors (Lipinski definition) is 6. The molecule has 0 heterocycles. The largest absolute Gasteiger partial charge is 0.497 e. The van der Waals surface area contributed by atoms with Crippen LogP contribution in [0.2, 0.25) is 0 Å². The molecule has 0 fully saturated rings. The first-order valence-electron chi connectivity index (χ1n) is 13.0. The minimum absolute atomic E-state index is 0.0898. The first kappa shape index (κ1) is 32.0. The molecule has 3 aromatic rings. The van der Waals surface area contributed by atoms with Crippen molar-refractivity contribution in [3.8, 4) is 11.5 Å². The predicted molar refractivity (Wildman–Crippen MR) is 164 cm³/mol. The maximum Gasteiger partial charge on any atom is 0.244 e. The molecule has 3 aromatic carbocycles. The summed E-state index contributed by atoms with van der Waals surface area (Å²) < 4.78 is 38.6. The number of methoxy groups -OCH3 is 2. The van der Waals surface area contributed by atoms with Gasteiger partial charge in [0.1, 0.15) is 24.1 Å². The Bertz CT molecular complexity index is 1430. The number of sulfonamides is 1. The van der Waals surface area contributed by atoms with E-state index in [1.54, 1.807) is 12.1 Å². The van der Waals surface area contributed by atoms with Gasteiger partial charge in [-0.1, -0.05) is 58.4 Å². The Morgan fingerprint density at radius 2 is 1.59 bits per heavy atom. The number of benzene rings is 3. The number of ether oxygens (including phenoxy) is 2. The molecule has 0 saturated carbocycles. The van der Waals surface area contributed by atoms with Gasteiger partial charge >= 0.3 is 0 Å². The van der Waals surface area contributed by atoms with Crippen LogP contribution in [0.4, 0.5) is 5.69 Å². The van der Waals surface area contributed by atoms with E-state index in [0.717, 1.165) is 26.2 Å². The average molecular weight is 647 g/mol. The summed E-state index contributed by atoms with van der Waals surface area (Å²) in [6.45, 7) is 3.24. The Morgan fingerprint density at radius 3 is 2.15 bits per heavy atom. The summed E-state index contributed by atoms with van der Waals surface area (Å²) in [6, 6.07) is 20.4. The van der Waals surface area contributed by atoms with E-state index in [1.165, 1.54) is 25.2 Å². The molecular formula is C30H36BrN3O6S. The van der Waals surface area contributed by atoms with Crippen molar-refractivity contribution >= 4 is 43.5 Å². The SMILES string of the molecule is COc1ccc(N(CC(=O)N(Cc2ccc(Br)cc2)C(Cc2ccccc2)C(=O)NC(C)C)S(C)(=O)=O)c(OC)c1. The molecule has 1 atom stereocenters. The van der Waals surface area contributed by atoms with Gasteiger partial charge in [0.2, 0.25) is 21.8 Å². The quantitative estimate of drug-likeness (QED) is 0.296. The fraction of sp³-hybridized carbons (Fsp3) is 0.333. The second-order valence-corrected chi connectivity index (χ2v) is 12.6. The van der Waals surface area contributed by atoms with Crippen LogP contribution >= 0.6 is 15.9 Å². The zero-order valence-electron chi connectivity index (χ0n) is 23.8. The monoisotopic (exact) mass is 645 g/mol. The number of carbonyl (C=O) groups is 2. The summed E-state index contributed by atoms with van der Waals surface area (Å²) in [5.41, 5.74) is 1.82. The Balaban J connectivity index is 2.08. The van der Waals surface area contributed by atoms with Crippen LogP contribution in [0.3, 0.4) is 0 Å². The molecule has 41 heavy (non-hydrogen) atoms. The minimum Gasteiger partial charge on any atom is -0.497 e. The van der Waals surface area contributed by atoms with E-state index in [0.29, 0.717) is 5.75 Å². The maximum absolute atomic E-state index is 14.2. The molecule has 0 aliphatic heterocycles. The number of anilines is 1. The van der Waals surface area contributed by atoms with E-state index in [-0.39, 0.29) is 36.4 Å². The maximum atomic E-state index is 14.2. The molecule has 220 valence electrons. The molecule has 1 N–H and O–H groups in total. The second kappa shape index (κ2) is 14.4. The van der Waals surface area contributed by atoms with Gasteiger partial charge in [-0.2, -0.15) is 0 Å². The number of hydrogen-bond donors (Lipinski definition) is 1. The fourth-order valence-corrected chi connectivity index (χ4v) is 5.42. The topological polar surface area (TPSA) is 105 Å². The summed E-state index contributed by atoms with van der Waals surface area (Å²) >= 11 is 3.43. The van der Waals surface area contributed by atoms with E-state index in [4.69, 9.17) is 9.47 Å². The first-order chi connectivity index (χ1) is 19.4. The zero-order valence-corrected chi connectivity index (χ0v) is 26.2. The smallest absolute Gasteiger partial charge is 0.244 e. The second-order valence-electron chi connectivity index (χ2n) is 9.82. The number of nitrogens with zero attached hydrogens (tertiary/aromatic N) is 2. The van der Waals surface area contributed by atoms with Crippen molar-refractivity contribution < 1.29 is 27.5 Å². The number of carbonyl (C=O) groups excluding carboxylic acids is 2. The van der Waals surface area contributed by atoms with Crippen LogP contribution in [-0.4, -0.2) is 64.2 Å². The molecule has 11 heteroatoms. The van der Waals surface area contributed by atoms with Gasteiger partial charge in [-0.15, -0.1) is 0 Å². The zero-order chi connectivity index (χ0) is 30.2.